The van der Waals surface area contributed by atoms with Gasteiger partial charge in [0.05, 0.1) is 18.1 Å². The van der Waals surface area contributed by atoms with Crippen molar-refractivity contribution in [3.63, 3.8) is 0 Å². The molecule has 2 N–H and O–H groups in total. The zero-order chi connectivity index (χ0) is 32.4. The van der Waals surface area contributed by atoms with Crippen LogP contribution in [0.5, 0.6) is 0 Å². The second kappa shape index (κ2) is 10.8. The van der Waals surface area contributed by atoms with Gasteiger partial charge in [-0.25, -0.2) is 0 Å². The highest BCUT2D eigenvalue weighted by Gasteiger charge is 2.78. The van der Waals surface area contributed by atoms with E-state index in [2.05, 4.69) is 0 Å². The van der Waals surface area contributed by atoms with Crippen LogP contribution in [0.1, 0.15) is 75.2 Å². The van der Waals surface area contributed by atoms with Gasteiger partial charge >= 0.3 is 29.8 Å². The molecule has 1 heterocycles. The summed E-state index contributed by atoms with van der Waals surface area (Å²) in [7, 11) is 0. The summed E-state index contributed by atoms with van der Waals surface area (Å²) < 4.78 is 35.1. The number of esters is 5. The lowest BCUT2D eigenvalue weighted by Crippen LogP contribution is -2.82. The highest BCUT2D eigenvalue weighted by molar-refractivity contribution is 5.70. The van der Waals surface area contributed by atoms with Gasteiger partial charge in [-0.15, -0.1) is 0 Å². The van der Waals surface area contributed by atoms with Gasteiger partial charge in [-0.1, -0.05) is 20.8 Å². The van der Waals surface area contributed by atoms with Gasteiger partial charge in [0.2, 0.25) is 0 Å². The van der Waals surface area contributed by atoms with Crippen LogP contribution in [-0.2, 0) is 52.4 Å². The van der Waals surface area contributed by atoms with Gasteiger partial charge in [-0.05, 0) is 18.1 Å². The van der Waals surface area contributed by atoms with Gasteiger partial charge in [-0.3, -0.25) is 24.0 Å². The molecule has 0 amide bonds. The topological polar surface area (TPSA) is 181 Å². The molecule has 43 heavy (non-hydrogen) atoms. The van der Waals surface area contributed by atoms with Crippen LogP contribution in [0.3, 0.4) is 0 Å². The Kier molecular flexibility index (Phi) is 8.29. The maximum absolute atomic E-state index is 12.9. The predicted molar refractivity (Wildman–Crippen MR) is 145 cm³/mol. The molecule has 4 aliphatic rings. The molecule has 1 saturated heterocycles. The summed E-state index contributed by atoms with van der Waals surface area (Å²) >= 11 is 0. The largest absolute Gasteiger partial charge is 0.462 e. The summed E-state index contributed by atoms with van der Waals surface area (Å²) in [6, 6.07) is 0. The van der Waals surface area contributed by atoms with Crippen LogP contribution >= 0.6 is 0 Å². The SMILES string of the molecule is CC(=O)OC1C[C@@]2(O)C(OC(C)=O)[C@H]3[C@@](C)(C(OC(C)=O)CC4OC[C@]43O)C(OC(C)=O)C(OC(C)=O)C(=C1C)C2(C)C. The Bertz CT molecular complexity index is 1250. The fraction of sp³-hybridized carbons (Fsp3) is 0.767. The number of hydrogen-bond acceptors (Lipinski definition) is 13. The van der Waals surface area contributed by atoms with E-state index in [0.29, 0.717) is 5.57 Å². The van der Waals surface area contributed by atoms with Crippen LogP contribution in [0.4, 0.5) is 0 Å². The third-order valence-electron chi connectivity index (χ3n) is 10.0. The summed E-state index contributed by atoms with van der Waals surface area (Å²) in [6.45, 7) is 12.2. The average Bonchev–Trinajstić information content (AvgIpc) is 2.84. The van der Waals surface area contributed by atoms with Crippen molar-refractivity contribution < 1.29 is 62.6 Å². The second-order valence-electron chi connectivity index (χ2n) is 13.0. The van der Waals surface area contributed by atoms with Crippen molar-refractivity contribution in [3.05, 3.63) is 11.1 Å². The molecular weight excluding hydrogens is 568 g/mol. The van der Waals surface area contributed by atoms with Gasteiger partial charge < -0.3 is 38.6 Å². The summed E-state index contributed by atoms with van der Waals surface area (Å²) in [6.07, 6.45) is -7.80. The Labute approximate surface area is 250 Å². The van der Waals surface area contributed by atoms with E-state index in [1.807, 2.05) is 0 Å². The van der Waals surface area contributed by atoms with Crippen molar-refractivity contribution in [3.8, 4) is 0 Å². The minimum absolute atomic E-state index is 0.0314. The number of ether oxygens (including phenoxy) is 6. The summed E-state index contributed by atoms with van der Waals surface area (Å²) in [5, 5.41) is 25.2. The predicted octanol–water partition coefficient (Wildman–Crippen LogP) is 1.29. The molecule has 0 aromatic carbocycles. The Hall–Kier alpha value is -3.03. The van der Waals surface area contributed by atoms with E-state index in [4.69, 9.17) is 28.4 Å². The molecule has 4 rings (SSSR count). The number of fused-ring (bicyclic) bond motifs is 5. The first-order valence-corrected chi connectivity index (χ1v) is 14.3. The Morgan fingerprint density at radius 3 is 1.74 bits per heavy atom. The average molecular weight is 611 g/mol. The molecule has 0 aromatic heterocycles. The highest BCUT2D eigenvalue weighted by atomic mass is 16.6. The Balaban J connectivity index is 2.18. The first-order chi connectivity index (χ1) is 19.7. The number of hydrogen-bond donors (Lipinski definition) is 2. The number of carbonyl (C=O) groups is 5. The minimum Gasteiger partial charge on any atom is -0.462 e. The lowest BCUT2D eigenvalue weighted by molar-refractivity contribution is -0.365. The van der Waals surface area contributed by atoms with E-state index in [1.165, 1.54) is 20.8 Å². The van der Waals surface area contributed by atoms with Gasteiger partial charge in [0.15, 0.2) is 12.2 Å². The van der Waals surface area contributed by atoms with Crippen molar-refractivity contribution in [1.29, 1.82) is 0 Å². The molecular formula is C30H42O13. The van der Waals surface area contributed by atoms with E-state index in [0.717, 1.165) is 13.8 Å². The van der Waals surface area contributed by atoms with Crippen LogP contribution in [0.2, 0.25) is 0 Å². The smallest absolute Gasteiger partial charge is 0.303 e. The molecule has 10 atom stereocenters. The molecule has 13 nitrogen and oxygen atoms in total. The lowest BCUT2D eigenvalue weighted by Gasteiger charge is -2.68. The van der Waals surface area contributed by atoms with Crippen LogP contribution < -0.4 is 0 Å². The summed E-state index contributed by atoms with van der Waals surface area (Å²) in [5.74, 6) is -4.97. The van der Waals surface area contributed by atoms with Gasteiger partial charge in [0, 0.05) is 58.8 Å². The van der Waals surface area contributed by atoms with Gasteiger partial charge in [-0.2, -0.15) is 0 Å². The quantitative estimate of drug-likeness (QED) is 0.258. The molecule has 0 spiro atoms. The third kappa shape index (κ3) is 5.02. The van der Waals surface area contributed by atoms with Crippen molar-refractivity contribution in [1.82, 2.24) is 0 Å². The molecule has 1 aliphatic heterocycles. The van der Waals surface area contributed by atoms with Crippen molar-refractivity contribution in [2.45, 2.75) is 123 Å². The minimum atomic E-state index is -2.08. The monoisotopic (exact) mass is 610 g/mol. The normalized spacial score (nSPS) is 41.1. The zero-order valence-corrected chi connectivity index (χ0v) is 26.0. The second-order valence-corrected chi connectivity index (χ2v) is 13.0. The van der Waals surface area contributed by atoms with E-state index < -0.39 is 94.4 Å². The molecule has 2 saturated carbocycles. The molecule has 0 radical (unpaired) electrons. The maximum atomic E-state index is 12.9. The number of rotatable bonds is 5. The molecule has 0 aromatic rings. The van der Waals surface area contributed by atoms with E-state index >= 15 is 0 Å². The Morgan fingerprint density at radius 1 is 0.767 bits per heavy atom. The highest BCUT2D eigenvalue weighted by Crippen LogP contribution is 2.65. The molecule has 240 valence electrons. The molecule has 2 bridgehead atoms. The molecule has 3 aliphatic carbocycles. The van der Waals surface area contributed by atoms with Gasteiger partial charge in [0.25, 0.3) is 0 Å². The first kappa shape index (κ1) is 32.9. The van der Waals surface area contributed by atoms with Crippen LogP contribution in [-0.4, -0.2) is 94.5 Å². The van der Waals surface area contributed by atoms with Gasteiger partial charge in [0.1, 0.15) is 29.5 Å². The van der Waals surface area contributed by atoms with Crippen molar-refractivity contribution >= 4 is 29.8 Å². The van der Waals surface area contributed by atoms with Crippen molar-refractivity contribution in [2.24, 2.45) is 16.7 Å². The maximum Gasteiger partial charge on any atom is 0.303 e. The molecule has 3 fully saturated rings. The van der Waals surface area contributed by atoms with Crippen LogP contribution in [0.15, 0.2) is 11.1 Å². The molecule has 13 heteroatoms. The van der Waals surface area contributed by atoms with E-state index in [1.54, 1.807) is 27.7 Å². The zero-order valence-electron chi connectivity index (χ0n) is 26.0. The van der Waals surface area contributed by atoms with E-state index in [9.17, 15) is 34.2 Å². The third-order valence-corrected chi connectivity index (χ3v) is 10.0. The first-order valence-electron chi connectivity index (χ1n) is 14.3. The van der Waals surface area contributed by atoms with Crippen LogP contribution in [0.25, 0.3) is 0 Å². The molecule has 6 unspecified atom stereocenters. The summed E-state index contributed by atoms with van der Waals surface area (Å²) in [5.41, 5.74) is -6.20. The summed E-state index contributed by atoms with van der Waals surface area (Å²) in [4.78, 5) is 63.0. The fourth-order valence-corrected chi connectivity index (χ4v) is 8.18. The fourth-order valence-electron chi connectivity index (χ4n) is 8.18. The number of aliphatic hydroxyl groups is 2. The van der Waals surface area contributed by atoms with Crippen molar-refractivity contribution in [2.75, 3.05) is 6.61 Å². The Morgan fingerprint density at radius 2 is 1.28 bits per heavy atom. The lowest BCUT2D eigenvalue weighted by atomic mass is 9.44. The number of carbonyl (C=O) groups excluding carboxylic acids is 5. The van der Waals surface area contributed by atoms with Crippen LogP contribution in [0, 0.1) is 16.7 Å². The van der Waals surface area contributed by atoms with E-state index in [-0.39, 0.29) is 25.0 Å². The standard InChI is InChI=1S/C30H42O13/c1-13-19(39-14(2)31)11-30(37)26(43-18(6)35)24-28(9,20(40-15(3)32)10-21-29(24,36)12-38-21)25(42-17(5)34)23(41-16(4)33)22(13)27(30,7)8/h19-21,23-26,36-37H,10-12H2,1-9H3/t19?,20?,21?,23?,24-,25?,26?,28+,29-,30+/m0/s1.